The fourth-order valence-corrected chi connectivity index (χ4v) is 4.12. The fraction of sp³-hybridized carbons (Fsp3) is 0.750. The molecule has 1 aliphatic heterocycles. The van der Waals surface area contributed by atoms with Crippen molar-refractivity contribution in [3.8, 4) is 0 Å². The summed E-state index contributed by atoms with van der Waals surface area (Å²) in [7, 11) is -3.50. The van der Waals surface area contributed by atoms with Gasteiger partial charge in [-0.3, -0.25) is 0 Å². The predicted molar refractivity (Wildman–Crippen MR) is 73.2 cm³/mol. The van der Waals surface area contributed by atoms with E-state index in [1.807, 2.05) is 6.92 Å². The Morgan fingerprint density at radius 1 is 1.47 bits per heavy atom. The number of rotatable bonds is 4. The van der Waals surface area contributed by atoms with Gasteiger partial charge >= 0.3 is 0 Å². The van der Waals surface area contributed by atoms with E-state index in [0.717, 1.165) is 25.7 Å². The number of nitrogens with one attached hydrogen (secondary N) is 1. The van der Waals surface area contributed by atoms with Crippen molar-refractivity contribution >= 4 is 10.0 Å². The highest BCUT2D eigenvalue weighted by molar-refractivity contribution is 7.89. The molecule has 1 aromatic rings. The van der Waals surface area contributed by atoms with Gasteiger partial charge in [0.15, 0.2) is 5.03 Å². The molecule has 1 fully saturated rings. The summed E-state index contributed by atoms with van der Waals surface area (Å²) in [5.41, 5.74) is 5.74. The van der Waals surface area contributed by atoms with Crippen molar-refractivity contribution < 1.29 is 8.42 Å². The number of imidazole rings is 1. The zero-order chi connectivity index (χ0) is 13.9. The van der Waals surface area contributed by atoms with Crippen LogP contribution in [0.4, 0.5) is 0 Å². The molecular formula is C12H22N4O2S. The first kappa shape index (κ1) is 14.5. The number of sulfonamides is 1. The van der Waals surface area contributed by atoms with Crippen LogP contribution < -0.4 is 5.73 Å². The summed E-state index contributed by atoms with van der Waals surface area (Å²) >= 11 is 0. The second-order valence-corrected chi connectivity index (χ2v) is 6.76. The average molecular weight is 286 g/mol. The maximum Gasteiger partial charge on any atom is 0.260 e. The highest BCUT2D eigenvalue weighted by atomic mass is 32.2. The Bertz CT molecular complexity index is 512. The second-order valence-electron chi connectivity index (χ2n) is 4.90. The number of hydrogen-bond acceptors (Lipinski definition) is 4. The number of aromatic nitrogens is 2. The largest absolute Gasteiger partial charge is 0.332 e. The van der Waals surface area contributed by atoms with E-state index in [4.69, 9.17) is 5.73 Å². The molecular weight excluding hydrogens is 264 g/mol. The highest BCUT2D eigenvalue weighted by Crippen LogP contribution is 2.23. The van der Waals surface area contributed by atoms with Crippen molar-refractivity contribution in [3.63, 3.8) is 0 Å². The molecule has 1 aliphatic rings. The van der Waals surface area contributed by atoms with Gasteiger partial charge in [0.05, 0.1) is 6.20 Å². The summed E-state index contributed by atoms with van der Waals surface area (Å²) in [4.78, 5) is 6.96. The Labute approximate surface area is 114 Å². The van der Waals surface area contributed by atoms with Crippen LogP contribution in [-0.4, -0.2) is 41.8 Å². The van der Waals surface area contributed by atoms with Crippen LogP contribution in [-0.2, 0) is 16.4 Å². The molecule has 6 nitrogen and oxygen atoms in total. The van der Waals surface area contributed by atoms with Crippen LogP contribution in [0.3, 0.4) is 0 Å². The molecule has 1 saturated heterocycles. The summed E-state index contributed by atoms with van der Waals surface area (Å²) in [6.45, 7) is 2.85. The molecule has 1 aromatic heterocycles. The number of hydrogen-bond donors (Lipinski definition) is 2. The van der Waals surface area contributed by atoms with Gasteiger partial charge in [-0.1, -0.05) is 19.8 Å². The van der Waals surface area contributed by atoms with Crippen LogP contribution in [0.15, 0.2) is 11.2 Å². The maximum atomic E-state index is 12.6. The molecule has 0 spiro atoms. The molecule has 0 amide bonds. The van der Waals surface area contributed by atoms with Crippen molar-refractivity contribution in [1.29, 1.82) is 0 Å². The van der Waals surface area contributed by atoms with Crippen LogP contribution in [0.1, 0.15) is 38.4 Å². The molecule has 2 rings (SSSR count). The number of H-pyrrole nitrogens is 1. The summed E-state index contributed by atoms with van der Waals surface area (Å²) < 4.78 is 26.8. The van der Waals surface area contributed by atoms with Gasteiger partial charge in [-0.2, -0.15) is 4.31 Å². The standard InChI is InChI=1S/C12H22N4O2S/c1-2-11-14-9-12(15-11)19(17,18)16-7-5-3-4-6-10(16)8-13/h9-10H,2-8,13H2,1H3,(H,14,15). The van der Waals surface area contributed by atoms with E-state index in [0.29, 0.717) is 25.3 Å². The molecule has 3 N–H and O–H groups in total. The molecule has 108 valence electrons. The molecule has 1 unspecified atom stereocenters. The van der Waals surface area contributed by atoms with Gasteiger partial charge in [0, 0.05) is 25.6 Å². The van der Waals surface area contributed by atoms with Gasteiger partial charge in [-0.15, -0.1) is 0 Å². The molecule has 19 heavy (non-hydrogen) atoms. The lowest BCUT2D eigenvalue weighted by Crippen LogP contribution is -2.44. The summed E-state index contributed by atoms with van der Waals surface area (Å²) in [5.74, 6) is 0.692. The van der Waals surface area contributed by atoms with Gasteiger partial charge in [0.25, 0.3) is 10.0 Å². The molecule has 0 saturated carbocycles. The summed E-state index contributed by atoms with van der Waals surface area (Å²) in [6, 6.07) is -0.0964. The van der Waals surface area contributed by atoms with Crippen LogP contribution in [0.25, 0.3) is 0 Å². The van der Waals surface area contributed by atoms with E-state index < -0.39 is 10.0 Å². The zero-order valence-corrected chi connectivity index (χ0v) is 12.1. The van der Waals surface area contributed by atoms with Crippen molar-refractivity contribution in [2.45, 2.75) is 50.1 Å². The average Bonchev–Trinajstić information content (AvgIpc) is 2.76. The molecule has 0 aliphatic carbocycles. The lowest BCUT2D eigenvalue weighted by molar-refractivity contribution is 0.327. The van der Waals surface area contributed by atoms with E-state index in [9.17, 15) is 8.42 Å². The quantitative estimate of drug-likeness (QED) is 0.859. The minimum absolute atomic E-state index is 0.0964. The highest BCUT2D eigenvalue weighted by Gasteiger charge is 2.32. The molecule has 0 radical (unpaired) electrons. The van der Waals surface area contributed by atoms with Crippen molar-refractivity contribution in [2.75, 3.05) is 13.1 Å². The van der Waals surface area contributed by atoms with Gasteiger partial charge in [-0.25, -0.2) is 13.4 Å². The van der Waals surface area contributed by atoms with Crippen molar-refractivity contribution in [2.24, 2.45) is 5.73 Å². The molecule has 7 heteroatoms. The summed E-state index contributed by atoms with van der Waals surface area (Å²) in [6.07, 6.45) is 5.93. The second kappa shape index (κ2) is 6.02. The third-order valence-corrected chi connectivity index (χ3v) is 5.48. The third-order valence-electron chi connectivity index (χ3n) is 3.62. The molecule has 2 heterocycles. The third kappa shape index (κ3) is 2.98. The first-order valence-electron chi connectivity index (χ1n) is 6.85. The fourth-order valence-electron chi connectivity index (χ4n) is 2.48. The number of aromatic amines is 1. The van der Waals surface area contributed by atoms with Crippen molar-refractivity contribution in [1.82, 2.24) is 14.3 Å². The topological polar surface area (TPSA) is 92.1 Å². The van der Waals surface area contributed by atoms with Gasteiger partial charge in [0.2, 0.25) is 0 Å². The lowest BCUT2D eigenvalue weighted by Gasteiger charge is -2.27. The maximum absolute atomic E-state index is 12.6. The van der Waals surface area contributed by atoms with E-state index in [-0.39, 0.29) is 11.1 Å². The smallest absolute Gasteiger partial charge is 0.260 e. The molecule has 1 atom stereocenters. The van der Waals surface area contributed by atoms with Gasteiger partial charge < -0.3 is 10.7 Å². The monoisotopic (exact) mass is 286 g/mol. The van der Waals surface area contributed by atoms with Crippen LogP contribution in [0.2, 0.25) is 0 Å². The Morgan fingerprint density at radius 2 is 2.26 bits per heavy atom. The number of nitrogens with two attached hydrogens (primary N) is 1. The Kier molecular flexibility index (Phi) is 4.59. The number of aryl methyl sites for hydroxylation is 1. The van der Waals surface area contributed by atoms with E-state index in [2.05, 4.69) is 9.97 Å². The first-order valence-corrected chi connectivity index (χ1v) is 8.29. The Morgan fingerprint density at radius 3 is 2.89 bits per heavy atom. The number of nitrogens with zero attached hydrogens (tertiary/aromatic N) is 2. The van der Waals surface area contributed by atoms with Gasteiger partial charge in [-0.05, 0) is 12.8 Å². The minimum atomic E-state index is -3.50. The Hall–Kier alpha value is -0.920. The normalized spacial score (nSPS) is 22.3. The SMILES string of the molecule is CCc1ncc(S(=O)(=O)N2CCCCCC2CN)[nH]1. The molecule has 0 aromatic carbocycles. The van der Waals surface area contributed by atoms with Gasteiger partial charge in [0.1, 0.15) is 5.82 Å². The van der Waals surface area contributed by atoms with Crippen LogP contribution in [0, 0.1) is 0 Å². The minimum Gasteiger partial charge on any atom is -0.332 e. The van der Waals surface area contributed by atoms with E-state index in [1.54, 1.807) is 4.31 Å². The molecule has 0 bridgehead atoms. The summed E-state index contributed by atoms with van der Waals surface area (Å²) in [5, 5.41) is 0.185. The Balaban J connectivity index is 2.30. The van der Waals surface area contributed by atoms with Crippen LogP contribution >= 0.6 is 0 Å². The van der Waals surface area contributed by atoms with E-state index in [1.165, 1.54) is 6.20 Å². The zero-order valence-electron chi connectivity index (χ0n) is 11.3. The predicted octanol–water partition coefficient (Wildman–Crippen LogP) is 0.864. The lowest BCUT2D eigenvalue weighted by atomic mass is 10.1. The first-order chi connectivity index (χ1) is 9.09. The van der Waals surface area contributed by atoms with Crippen molar-refractivity contribution in [3.05, 3.63) is 12.0 Å². The van der Waals surface area contributed by atoms with E-state index >= 15 is 0 Å². The van der Waals surface area contributed by atoms with Crippen LogP contribution in [0.5, 0.6) is 0 Å².